The Morgan fingerprint density at radius 3 is 2.14 bits per heavy atom. The van der Waals surface area contributed by atoms with Gasteiger partial charge in [0.2, 0.25) is 0 Å². The van der Waals surface area contributed by atoms with Crippen LogP contribution in [-0.4, -0.2) is 25.3 Å². The van der Waals surface area contributed by atoms with Crippen LogP contribution < -0.4 is 9.64 Å². The molecule has 0 aliphatic heterocycles. The SMILES string of the molecule is CCCCN(CCCC)c1ccc(/C=C/c2cc(C)c(CO)cc2C)c(OC)c1. The van der Waals surface area contributed by atoms with Gasteiger partial charge in [0.05, 0.1) is 13.7 Å². The molecule has 0 amide bonds. The summed E-state index contributed by atoms with van der Waals surface area (Å²) in [7, 11) is 1.74. The molecule has 29 heavy (non-hydrogen) atoms. The van der Waals surface area contributed by atoms with Crippen molar-refractivity contribution in [1.82, 2.24) is 0 Å². The molecule has 3 heteroatoms. The van der Waals surface area contributed by atoms with Crippen molar-refractivity contribution >= 4 is 17.8 Å². The summed E-state index contributed by atoms with van der Waals surface area (Å²) in [4.78, 5) is 2.48. The van der Waals surface area contributed by atoms with Gasteiger partial charge in [0.25, 0.3) is 0 Å². The van der Waals surface area contributed by atoms with Gasteiger partial charge in [0, 0.05) is 30.4 Å². The lowest BCUT2D eigenvalue weighted by molar-refractivity contribution is 0.281. The number of hydrogen-bond donors (Lipinski definition) is 1. The molecule has 1 N–H and O–H groups in total. The first-order chi connectivity index (χ1) is 14.0. The first-order valence-electron chi connectivity index (χ1n) is 10.9. The van der Waals surface area contributed by atoms with Crippen LogP contribution in [0.5, 0.6) is 5.75 Å². The number of aliphatic hydroxyl groups is 1. The topological polar surface area (TPSA) is 32.7 Å². The molecule has 0 spiro atoms. The normalized spacial score (nSPS) is 11.2. The summed E-state index contributed by atoms with van der Waals surface area (Å²) in [6.45, 7) is 10.9. The zero-order chi connectivity index (χ0) is 21.2. The summed E-state index contributed by atoms with van der Waals surface area (Å²) in [5, 5.41) is 9.45. The predicted octanol–water partition coefficient (Wildman–Crippen LogP) is 6.38. The van der Waals surface area contributed by atoms with Gasteiger partial charge in [0.1, 0.15) is 5.75 Å². The summed E-state index contributed by atoms with van der Waals surface area (Å²) < 4.78 is 5.71. The number of rotatable bonds is 11. The Labute approximate surface area is 177 Å². The fourth-order valence-corrected chi connectivity index (χ4v) is 3.53. The van der Waals surface area contributed by atoms with Crippen LogP contribution in [0.3, 0.4) is 0 Å². The van der Waals surface area contributed by atoms with Crippen molar-refractivity contribution in [1.29, 1.82) is 0 Å². The number of anilines is 1. The third-order valence-electron chi connectivity index (χ3n) is 5.48. The van der Waals surface area contributed by atoms with E-state index in [4.69, 9.17) is 4.74 Å². The van der Waals surface area contributed by atoms with Gasteiger partial charge < -0.3 is 14.7 Å². The second kappa shape index (κ2) is 11.7. The molecular formula is C26H37NO2. The van der Waals surface area contributed by atoms with Crippen LogP contribution in [0.25, 0.3) is 12.2 Å². The zero-order valence-corrected chi connectivity index (χ0v) is 18.8. The van der Waals surface area contributed by atoms with E-state index in [0.717, 1.165) is 41.1 Å². The maximum Gasteiger partial charge on any atom is 0.128 e. The first-order valence-corrected chi connectivity index (χ1v) is 10.9. The highest BCUT2D eigenvalue weighted by atomic mass is 16.5. The van der Waals surface area contributed by atoms with Crippen molar-refractivity contribution in [2.75, 3.05) is 25.1 Å². The van der Waals surface area contributed by atoms with Crippen molar-refractivity contribution in [2.24, 2.45) is 0 Å². The molecule has 0 fully saturated rings. The summed E-state index contributed by atoms with van der Waals surface area (Å²) >= 11 is 0. The van der Waals surface area contributed by atoms with Crippen LogP contribution in [-0.2, 0) is 6.61 Å². The van der Waals surface area contributed by atoms with Gasteiger partial charge in [-0.25, -0.2) is 0 Å². The standard InChI is InChI=1S/C26H37NO2/c1-6-8-14-27(15-9-7-2)25-13-12-22(26(18-25)29-5)10-11-23-16-21(4)24(19-28)17-20(23)3/h10-13,16-18,28H,6-9,14-15,19H2,1-5H3/b11-10+. The number of ether oxygens (including phenoxy) is 1. The molecule has 0 radical (unpaired) electrons. The molecular weight excluding hydrogens is 358 g/mol. The van der Waals surface area contributed by atoms with E-state index in [0.29, 0.717) is 0 Å². The fourth-order valence-electron chi connectivity index (χ4n) is 3.53. The third-order valence-corrected chi connectivity index (χ3v) is 5.48. The Bertz CT molecular complexity index is 803. The van der Waals surface area contributed by atoms with Gasteiger partial charge in [-0.05, 0) is 61.1 Å². The lowest BCUT2D eigenvalue weighted by atomic mass is 9.99. The lowest BCUT2D eigenvalue weighted by Crippen LogP contribution is -2.25. The van der Waals surface area contributed by atoms with E-state index in [1.54, 1.807) is 7.11 Å². The van der Waals surface area contributed by atoms with Crippen molar-refractivity contribution in [3.8, 4) is 5.75 Å². The van der Waals surface area contributed by atoms with E-state index in [1.807, 2.05) is 6.92 Å². The van der Waals surface area contributed by atoms with Crippen LogP contribution in [0.15, 0.2) is 30.3 Å². The Morgan fingerprint density at radius 2 is 1.55 bits per heavy atom. The van der Waals surface area contributed by atoms with Crippen molar-refractivity contribution in [2.45, 2.75) is 60.0 Å². The Kier molecular flexibility index (Phi) is 9.27. The number of hydrogen-bond acceptors (Lipinski definition) is 3. The van der Waals surface area contributed by atoms with Crippen molar-refractivity contribution < 1.29 is 9.84 Å². The summed E-state index contributed by atoms with van der Waals surface area (Å²) in [6, 6.07) is 10.7. The summed E-state index contributed by atoms with van der Waals surface area (Å²) in [6.07, 6.45) is 9.06. The fraction of sp³-hybridized carbons (Fsp3) is 0.462. The molecule has 0 atom stereocenters. The second-order valence-electron chi connectivity index (χ2n) is 7.75. The van der Waals surface area contributed by atoms with E-state index in [9.17, 15) is 5.11 Å². The minimum atomic E-state index is 0.0819. The van der Waals surface area contributed by atoms with Crippen molar-refractivity contribution in [3.63, 3.8) is 0 Å². The van der Waals surface area contributed by atoms with Crippen molar-refractivity contribution in [3.05, 3.63) is 58.1 Å². The highest BCUT2D eigenvalue weighted by Gasteiger charge is 2.09. The van der Waals surface area contributed by atoms with E-state index in [-0.39, 0.29) is 6.61 Å². The number of nitrogens with zero attached hydrogens (tertiary/aromatic N) is 1. The Morgan fingerprint density at radius 1 is 0.897 bits per heavy atom. The van der Waals surface area contributed by atoms with Gasteiger partial charge in [0.15, 0.2) is 0 Å². The quantitative estimate of drug-likeness (QED) is 0.448. The van der Waals surface area contributed by atoms with Gasteiger partial charge in [-0.2, -0.15) is 0 Å². The molecule has 2 rings (SSSR count). The molecule has 0 aliphatic rings. The average molecular weight is 396 g/mol. The number of aryl methyl sites for hydroxylation is 2. The van der Waals surface area contributed by atoms with E-state index < -0.39 is 0 Å². The summed E-state index contributed by atoms with van der Waals surface area (Å²) in [5.41, 5.74) is 6.74. The van der Waals surface area contributed by atoms with Crippen LogP contribution >= 0.6 is 0 Å². The Balaban J connectivity index is 2.28. The number of benzene rings is 2. The monoisotopic (exact) mass is 395 g/mol. The Hall–Kier alpha value is -2.26. The smallest absolute Gasteiger partial charge is 0.128 e. The van der Waals surface area contributed by atoms with Gasteiger partial charge in [-0.1, -0.05) is 51.0 Å². The maximum absolute atomic E-state index is 9.45. The zero-order valence-electron chi connectivity index (χ0n) is 18.8. The molecule has 0 saturated carbocycles. The van der Waals surface area contributed by atoms with E-state index >= 15 is 0 Å². The average Bonchev–Trinajstić information content (AvgIpc) is 2.74. The van der Waals surface area contributed by atoms with Gasteiger partial charge in [-0.3, -0.25) is 0 Å². The maximum atomic E-state index is 9.45. The number of aliphatic hydroxyl groups excluding tert-OH is 1. The highest BCUT2D eigenvalue weighted by Crippen LogP contribution is 2.28. The molecule has 0 heterocycles. The molecule has 0 unspecified atom stereocenters. The van der Waals surface area contributed by atoms with Gasteiger partial charge in [-0.15, -0.1) is 0 Å². The van der Waals surface area contributed by atoms with E-state index in [2.05, 4.69) is 68.2 Å². The number of unbranched alkanes of at least 4 members (excludes halogenated alkanes) is 2. The first kappa shape index (κ1) is 23.0. The lowest BCUT2D eigenvalue weighted by Gasteiger charge is -2.25. The van der Waals surface area contributed by atoms with Crippen LogP contribution in [0.4, 0.5) is 5.69 Å². The minimum Gasteiger partial charge on any atom is -0.496 e. The molecule has 0 aromatic heterocycles. The molecule has 0 bridgehead atoms. The van der Waals surface area contributed by atoms with Crippen LogP contribution in [0.1, 0.15) is 67.3 Å². The summed E-state index contributed by atoms with van der Waals surface area (Å²) in [5.74, 6) is 0.901. The molecule has 2 aromatic carbocycles. The van der Waals surface area contributed by atoms with Gasteiger partial charge >= 0.3 is 0 Å². The molecule has 3 nitrogen and oxygen atoms in total. The minimum absolute atomic E-state index is 0.0819. The molecule has 158 valence electrons. The van der Waals surface area contributed by atoms with Crippen LogP contribution in [0.2, 0.25) is 0 Å². The highest BCUT2D eigenvalue weighted by molar-refractivity contribution is 5.75. The van der Waals surface area contributed by atoms with E-state index in [1.165, 1.54) is 36.9 Å². The molecule has 0 saturated heterocycles. The number of methoxy groups -OCH3 is 1. The van der Waals surface area contributed by atoms with Crippen LogP contribution in [0, 0.1) is 13.8 Å². The largest absolute Gasteiger partial charge is 0.496 e. The third kappa shape index (κ3) is 6.37. The second-order valence-corrected chi connectivity index (χ2v) is 7.75. The molecule has 0 aliphatic carbocycles. The predicted molar refractivity (Wildman–Crippen MR) is 126 cm³/mol. The molecule has 2 aromatic rings.